The molecule has 1 N–H and O–H groups in total. The normalized spacial score (nSPS) is 20.4. The van der Waals surface area contributed by atoms with Crippen LogP contribution in [-0.2, 0) is 4.74 Å². The first-order chi connectivity index (χ1) is 6.08. The van der Waals surface area contributed by atoms with Crippen molar-refractivity contribution in [3.8, 4) is 0 Å². The quantitative estimate of drug-likeness (QED) is 0.645. The van der Waals surface area contributed by atoms with Crippen LogP contribution in [0.2, 0.25) is 0 Å². The standard InChI is InChI=1S/C11H22O2/c1-6-8(3)9(4)11(13-5)10(12)7-2/h6,8-12H,1,7H2,2-5H3/t8?,9-,10?,11+/m1/s1. The maximum atomic E-state index is 9.67. The van der Waals surface area contributed by atoms with E-state index in [2.05, 4.69) is 20.4 Å². The van der Waals surface area contributed by atoms with E-state index in [4.69, 9.17) is 4.74 Å². The zero-order valence-corrected chi connectivity index (χ0v) is 9.16. The minimum absolute atomic E-state index is 0.0852. The Morgan fingerprint density at radius 3 is 2.31 bits per heavy atom. The van der Waals surface area contributed by atoms with E-state index >= 15 is 0 Å². The third-order valence-corrected chi connectivity index (χ3v) is 2.79. The summed E-state index contributed by atoms with van der Waals surface area (Å²) in [5.74, 6) is 0.670. The molecule has 0 heterocycles. The van der Waals surface area contributed by atoms with Gasteiger partial charge in [-0.05, 0) is 18.3 Å². The molecule has 0 saturated carbocycles. The van der Waals surface area contributed by atoms with Gasteiger partial charge in [0.1, 0.15) is 0 Å². The molecule has 0 bridgehead atoms. The molecule has 0 spiro atoms. The molecule has 2 heteroatoms. The van der Waals surface area contributed by atoms with E-state index in [1.807, 2.05) is 13.0 Å². The summed E-state index contributed by atoms with van der Waals surface area (Å²) < 4.78 is 5.29. The monoisotopic (exact) mass is 186 g/mol. The molecular formula is C11H22O2. The van der Waals surface area contributed by atoms with Crippen LogP contribution >= 0.6 is 0 Å². The first-order valence-corrected chi connectivity index (χ1v) is 4.91. The average molecular weight is 186 g/mol. The topological polar surface area (TPSA) is 29.5 Å². The smallest absolute Gasteiger partial charge is 0.0860 e. The van der Waals surface area contributed by atoms with Gasteiger partial charge in [-0.3, -0.25) is 0 Å². The summed E-state index contributed by atoms with van der Waals surface area (Å²) in [6, 6.07) is 0. The second-order valence-corrected chi connectivity index (χ2v) is 3.63. The summed E-state index contributed by atoms with van der Waals surface area (Å²) in [6.07, 6.45) is 2.17. The second kappa shape index (κ2) is 6.17. The number of hydrogen-bond acceptors (Lipinski definition) is 2. The van der Waals surface area contributed by atoms with Gasteiger partial charge in [0.2, 0.25) is 0 Å². The minimum atomic E-state index is -0.373. The molecule has 78 valence electrons. The molecule has 4 atom stereocenters. The van der Waals surface area contributed by atoms with E-state index in [0.29, 0.717) is 11.8 Å². The molecule has 0 aliphatic heterocycles. The van der Waals surface area contributed by atoms with Gasteiger partial charge in [-0.25, -0.2) is 0 Å². The van der Waals surface area contributed by atoms with Crippen molar-refractivity contribution in [1.82, 2.24) is 0 Å². The second-order valence-electron chi connectivity index (χ2n) is 3.63. The van der Waals surface area contributed by atoms with Crippen molar-refractivity contribution >= 4 is 0 Å². The first kappa shape index (κ1) is 12.7. The molecule has 2 unspecified atom stereocenters. The summed E-state index contributed by atoms with van der Waals surface area (Å²) in [6.45, 7) is 9.88. The highest BCUT2D eigenvalue weighted by Crippen LogP contribution is 2.21. The van der Waals surface area contributed by atoms with Gasteiger partial charge < -0.3 is 9.84 Å². The Morgan fingerprint density at radius 2 is 2.00 bits per heavy atom. The molecule has 2 nitrogen and oxygen atoms in total. The van der Waals surface area contributed by atoms with Crippen LogP contribution in [0, 0.1) is 11.8 Å². The minimum Gasteiger partial charge on any atom is -0.390 e. The van der Waals surface area contributed by atoms with Crippen molar-refractivity contribution in [2.24, 2.45) is 11.8 Å². The van der Waals surface area contributed by atoms with Crippen LogP contribution in [-0.4, -0.2) is 24.4 Å². The van der Waals surface area contributed by atoms with Gasteiger partial charge in [0.05, 0.1) is 12.2 Å². The molecule has 0 aromatic rings. The molecule has 0 amide bonds. The van der Waals surface area contributed by atoms with Gasteiger partial charge in [-0.2, -0.15) is 0 Å². The predicted molar refractivity (Wildman–Crippen MR) is 55.6 cm³/mol. The Balaban J connectivity index is 4.29. The molecule has 13 heavy (non-hydrogen) atoms. The van der Waals surface area contributed by atoms with Gasteiger partial charge in [-0.15, -0.1) is 6.58 Å². The molecule has 0 radical (unpaired) electrons. The van der Waals surface area contributed by atoms with Crippen molar-refractivity contribution < 1.29 is 9.84 Å². The fourth-order valence-electron chi connectivity index (χ4n) is 1.47. The molecule has 0 aliphatic rings. The molecule has 0 aromatic heterocycles. The molecule has 0 saturated heterocycles. The van der Waals surface area contributed by atoms with Crippen LogP contribution in [0.15, 0.2) is 12.7 Å². The highest BCUT2D eigenvalue weighted by atomic mass is 16.5. The highest BCUT2D eigenvalue weighted by Gasteiger charge is 2.26. The van der Waals surface area contributed by atoms with Crippen molar-refractivity contribution in [3.63, 3.8) is 0 Å². The molecule has 0 rings (SSSR count). The lowest BCUT2D eigenvalue weighted by Gasteiger charge is -2.29. The van der Waals surface area contributed by atoms with Gasteiger partial charge in [0.25, 0.3) is 0 Å². The predicted octanol–water partition coefficient (Wildman–Crippen LogP) is 2.23. The molecule has 0 aliphatic carbocycles. The Bertz CT molecular complexity index is 145. The maximum Gasteiger partial charge on any atom is 0.0860 e. The summed E-state index contributed by atoms with van der Waals surface area (Å²) >= 11 is 0. The van der Waals surface area contributed by atoms with Gasteiger partial charge >= 0.3 is 0 Å². The number of ether oxygens (including phenoxy) is 1. The first-order valence-electron chi connectivity index (χ1n) is 4.91. The molecule has 0 aromatic carbocycles. The van der Waals surface area contributed by atoms with E-state index in [0.717, 1.165) is 6.42 Å². The van der Waals surface area contributed by atoms with Crippen LogP contribution < -0.4 is 0 Å². The lowest BCUT2D eigenvalue weighted by Crippen LogP contribution is -2.36. The van der Waals surface area contributed by atoms with Crippen molar-refractivity contribution in [2.45, 2.75) is 39.4 Å². The Kier molecular flexibility index (Phi) is 6.00. The van der Waals surface area contributed by atoms with Crippen molar-refractivity contribution in [1.29, 1.82) is 0 Å². The Labute approximate surface area is 81.6 Å². The number of rotatable bonds is 6. The van der Waals surface area contributed by atoms with Gasteiger partial charge in [0, 0.05) is 7.11 Å². The van der Waals surface area contributed by atoms with Crippen LogP contribution in [0.5, 0.6) is 0 Å². The number of allylic oxidation sites excluding steroid dienone is 1. The fourth-order valence-corrected chi connectivity index (χ4v) is 1.47. The third kappa shape index (κ3) is 3.49. The lowest BCUT2D eigenvalue weighted by molar-refractivity contribution is -0.0504. The molecule has 0 fully saturated rings. The van der Waals surface area contributed by atoms with E-state index in [1.54, 1.807) is 7.11 Å². The zero-order valence-electron chi connectivity index (χ0n) is 9.16. The summed E-state index contributed by atoms with van der Waals surface area (Å²) in [4.78, 5) is 0. The van der Waals surface area contributed by atoms with Crippen LogP contribution in [0.3, 0.4) is 0 Å². The number of aliphatic hydroxyl groups excluding tert-OH is 1. The van der Waals surface area contributed by atoms with Gasteiger partial charge in [0.15, 0.2) is 0 Å². The van der Waals surface area contributed by atoms with E-state index < -0.39 is 0 Å². The van der Waals surface area contributed by atoms with E-state index in [1.165, 1.54) is 0 Å². The summed E-state index contributed by atoms with van der Waals surface area (Å²) in [5.41, 5.74) is 0. The largest absolute Gasteiger partial charge is 0.390 e. The Hall–Kier alpha value is -0.340. The summed E-state index contributed by atoms with van der Waals surface area (Å²) in [5, 5.41) is 9.67. The summed E-state index contributed by atoms with van der Waals surface area (Å²) in [7, 11) is 1.65. The van der Waals surface area contributed by atoms with E-state index in [9.17, 15) is 5.11 Å². The third-order valence-electron chi connectivity index (χ3n) is 2.79. The van der Waals surface area contributed by atoms with E-state index in [-0.39, 0.29) is 12.2 Å². The number of methoxy groups -OCH3 is 1. The maximum absolute atomic E-state index is 9.67. The van der Waals surface area contributed by atoms with Crippen molar-refractivity contribution in [2.75, 3.05) is 7.11 Å². The Morgan fingerprint density at radius 1 is 1.46 bits per heavy atom. The number of hydrogen-bond donors (Lipinski definition) is 1. The van der Waals surface area contributed by atoms with Crippen molar-refractivity contribution in [3.05, 3.63) is 12.7 Å². The average Bonchev–Trinajstić information content (AvgIpc) is 2.17. The van der Waals surface area contributed by atoms with Crippen LogP contribution in [0.4, 0.5) is 0 Å². The van der Waals surface area contributed by atoms with Crippen LogP contribution in [0.25, 0.3) is 0 Å². The number of aliphatic hydroxyl groups is 1. The molecular weight excluding hydrogens is 164 g/mol. The lowest BCUT2D eigenvalue weighted by atomic mass is 9.87. The zero-order chi connectivity index (χ0) is 10.4. The SMILES string of the molecule is C=CC(C)[C@@H](C)[C@H](OC)C(O)CC. The highest BCUT2D eigenvalue weighted by molar-refractivity contribution is 4.85. The fraction of sp³-hybridized carbons (Fsp3) is 0.818. The van der Waals surface area contributed by atoms with Gasteiger partial charge in [-0.1, -0.05) is 26.8 Å². The van der Waals surface area contributed by atoms with Crippen LogP contribution in [0.1, 0.15) is 27.2 Å².